The van der Waals surface area contributed by atoms with E-state index < -0.39 is 0 Å². The molecule has 0 saturated heterocycles. The molecule has 2 aromatic heterocycles. The highest BCUT2D eigenvalue weighted by molar-refractivity contribution is 5.94. The van der Waals surface area contributed by atoms with Crippen LogP contribution in [0.4, 0.5) is 0 Å². The maximum atomic E-state index is 12.2. The Kier molecular flexibility index (Phi) is 6.82. The average molecular weight is 420 g/mol. The molecule has 1 aromatic carbocycles. The number of hydrogen-bond acceptors (Lipinski definition) is 6. The van der Waals surface area contributed by atoms with Gasteiger partial charge in [0, 0.05) is 36.5 Å². The van der Waals surface area contributed by atoms with E-state index in [4.69, 9.17) is 5.26 Å². The number of aromatic nitrogens is 3. The van der Waals surface area contributed by atoms with Crippen LogP contribution in [-0.2, 0) is 11.2 Å². The Bertz CT molecular complexity index is 1160. The van der Waals surface area contributed by atoms with Gasteiger partial charge in [0.15, 0.2) is 5.65 Å². The molecule has 3 rings (SSSR count). The van der Waals surface area contributed by atoms with E-state index in [1.54, 1.807) is 16.6 Å². The molecule has 9 nitrogen and oxygen atoms in total. The normalized spacial score (nSPS) is 10.6. The smallest absolute Gasteiger partial charge is 0.251 e. The summed E-state index contributed by atoms with van der Waals surface area (Å²) in [5, 5.41) is 28.4. The van der Waals surface area contributed by atoms with Crippen molar-refractivity contribution in [3.8, 4) is 11.8 Å². The first-order chi connectivity index (χ1) is 14.9. The third-order valence-electron chi connectivity index (χ3n) is 5.00. The van der Waals surface area contributed by atoms with Crippen molar-refractivity contribution in [2.75, 3.05) is 13.1 Å². The van der Waals surface area contributed by atoms with Gasteiger partial charge in [-0.15, -0.1) is 0 Å². The van der Waals surface area contributed by atoms with E-state index in [-0.39, 0.29) is 17.6 Å². The molecule has 0 saturated carbocycles. The van der Waals surface area contributed by atoms with Crippen LogP contribution in [0.25, 0.3) is 5.65 Å². The van der Waals surface area contributed by atoms with E-state index in [1.165, 1.54) is 18.3 Å². The topological polar surface area (TPSA) is 132 Å². The number of nitriles is 1. The lowest BCUT2D eigenvalue weighted by Crippen LogP contribution is -2.30. The zero-order chi connectivity index (χ0) is 22.4. The van der Waals surface area contributed by atoms with Crippen LogP contribution in [0.15, 0.2) is 30.5 Å². The zero-order valence-corrected chi connectivity index (χ0v) is 17.5. The van der Waals surface area contributed by atoms with Crippen molar-refractivity contribution in [3.05, 3.63) is 58.5 Å². The van der Waals surface area contributed by atoms with E-state index in [0.29, 0.717) is 49.1 Å². The summed E-state index contributed by atoms with van der Waals surface area (Å²) in [6.45, 7) is 4.62. The van der Waals surface area contributed by atoms with Gasteiger partial charge in [-0.3, -0.25) is 9.59 Å². The number of benzene rings is 1. The number of nitrogens with zero attached hydrogens (tertiary/aromatic N) is 4. The van der Waals surface area contributed by atoms with Crippen LogP contribution in [0, 0.1) is 25.2 Å². The van der Waals surface area contributed by atoms with Crippen molar-refractivity contribution >= 4 is 17.5 Å². The van der Waals surface area contributed by atoms with Gasteiger partial charge >= 0.3 is 0 Å². The summed E-state index contributed by atoms with van der Waals surface area (Å²) in [5.74, 6) is -0.316. The molecule has 0 spiro atoms. The summed E-state index contributed by atoms with van der Waals surface area (Å²) in [5.41, 5.74) is 3.93. The van der Waals surface area contributed by atoms with Gasteiger partial charge in [0.1, 0.15) is 17.4 Å². The molecule has 0 aliphatic carbocycles. The summed E-state index contributed by atoms with van der Waals surface area (Å²) < 4.78 is 1.63. The number of fused-ring (bicyclic) bond motifs is 1. The predicted octanol–water partition coefficient (Wildman–Crippen LogP) is 1.79. The monoisotopic (exact) mass is 420 g/mol. The number of amides is 2. The highest BCUT2D eigenvalue weighted by Crippen LogP contribution is 2.18. The van der Waals surface area contributed by atoms with Crippen molar-refractivity contribution < 1.29 is 14.7 Å². The lowest BCUT2D eigenvalue weighted by Gasteiger charge is -2.11. The quantitative estimate of drug-likeness (QED) is 0.476. The zero-order valence-electron chi connectivity index (χ0n) is 17.5. The van der Waals surface area contributed by atoms with E-state index in [9.17, 15) is 14.7 Å². The molecule has 9 heteroatoms. The summed E-state index contributed by atoms with van der Waals surface area (Å²) in [4.78, 5) is 28.7. The van der Waals surface area contributed by atoms with Crippen molar-refractivity contribution in [2.45, 2.75) is 33.1 Å². The fraction of sp³-hybridized carbons (Fsp3) is 0.318. The van der Waals surface area contributed by atoms with Gasteiger partial charge in [-0.05, 0) is 50.5 Å². The molecule has 0 aliphatic rings. The Labute approximate surface area is 179 Å². The SMILES string of the molecule is Cc1nc2c(C#N)cnn2c(C)c1CCC(=O)NCCCNC(=O)c1cccc(O)c1. The number of aryl methyl sites for hydroxylation is 2. The molecule has 160 valence electrons. The summed E-state index contributed by atoms with van der Waals surface area (Å²) >= 11 is 0. The highest BCUT2D eigenvalue weighted by atomic mass is 16.3. The lowest BCUT2D eigenvalue weighted by molar-refractivity contribution is -0.121. The Morgan fingerprint density at radius 2 is 2.00 bits per heavy atom. The van der Waals surface area contributed by atoms with Crippen LogP contribution in [-0.4, -0.2) is 44.6 Å². The third-order valence-corrected chi connectivity index (χ3v) is 5.00. The van der Waals surface area contributed by atoms with E-state index in [0.717, 1.165) is 17.0 Å². The maximum absolute atomic E-state index is 12.2. The number of nitrogens with one attached hydrogen (secondary N) is 2. The number of phenolic OH excluding ortho intramolecular Hbond substituents is 1. The molecule has 0 aliphatic heterocycles. The van der Waals surface area contributed by atoms with Gasteiger partial charge in [-0.2, -0.15) is 10.4 Å². The first kappa shape index (κ1) is 21.8. The minimum Gasteiger partial charge on any atom is -0.508 e. The van der Waals surface area contributed by atoms with Crippen molar-refractivity contribution in [1.82, 2.24) is 25.2 Å². The van der Waals surface area contributed by atoms with Gasteiger partial charge < -0.3 is 15.7 Å². The number of phenols is 1. The molecule has 0 atom stereocenters. The minimum absolute atomic E-state index is 0.0396. The molecule has 2 amide bonds. The number of carbonyl (C=O) groups is 2. The van der Waals surface area contributed by atoms with Crippen LogP contribution in [0.2, 0.25) is 0 Å². The molecular weight excluding hydrogens is 396 g/mol. The Hall–Kier alpha value is -3.93. The van der Waals surface area contributed by atoms with Crippen LogP contribution in [0.1, 0.15) is 45.7 Å². The number of rotatable bonds is 8. The summed E-state index contributed by atoms with van der Waals surface area (Å²) in [6.07, 6.45) is 2.90. The Balaban J connectivity index is 1.44. The number of hydrogen-bond donors (Lipinski definition) is 3. The average Bonchev–Trinajstić information content (AvgIpc) is 3.16. The lowest BCUT2D eigenvalue weighted by atomic mass is 10.1. The van der Waals surface area contributed by atoms with Gasteiger partial charge in [-0.1, -0.05) is 6.07 Å². The molecule has 0 bridgehead atoms. The highest BCUT2D eigenvalue weighted by Gasteiger charge is 2.14. The first-order valence-corrected chi connectivity index (χ1v) is 9.98. The Morgan fingerprint density at radius 3 is 2.74 bits per heavy atom. The second kappa shape index (κ2) is 9.71. The Morgan fingerprint density at radius 1 is 1.23 bits per heavy atom. The van der Waals surface area contributed by atoms with Crippen LogP contribution >= 0.6 is 0 Å². The first-order valence-electron chi connectivity index (χ1n) is 9.98. The van der Waals surface area contributed by atoms with Crippen LogP contribution in [0.3, 0.4) is 0 Å². The summed E-state index contributed by atoms with van der Waals surface area (Å²) in [7, 11) is 0. The second-order valence-electron chi connectivity index (χ2n) is 7.18. The molecule has 31 heavy (non-hydrogen) atoms. The standard InChI is InChI=1S/C22H24N6O3/c1-14-19(15(2)28-21(27-14)17(12-23)13-26-28)7-8-20(30)24-9-4-10-25-22(31)16-5-3-6-18(29)11-16/h3,5-6,11,13,29H,4,7-10H2,1-2H3,(H,24,30)(H,25,31). The predicted molar refractivity (Wildman–Crippen MR) is 114 cm³/mol. The minimum atomic E-state index is -0.269. The third kappa shape index (κ3) is 5.17. The van der Waals surface area contributed by atoms with E-state index >= 15 is 0 Å². The van der Waals surface area contributed by atoms with Gasteiger partial charge in [0.2, 0.25) is 5.91 Å². The molecule has 3 N–H and O–H groups in total. The van der Waals surface area contributed by atoms with Crippen molar-refractivity contribution in [1.29, 1.82) is 5.26 Å². The van der Waals surface area contributed by atoms with E-state index in [1.807, 2.05) is 13.8 Å². The van der Waals surface area contributed by atoms with Gasteiger partial charge in [-0.25, -0.2) is 9.50 Å². The number of aromatic hydroxyl groups is 1. The fourth-order valence-corrected chi connectivity index (χ4v) is 3.35. The van der Waals surface area contributed by atoms with Gasteiger partial charge in [0.05, 0.1) is 6.20 Å². The molecular formula is C22H24N6O3. The fourth-order valence-electron chi connectivity index (χ4n) is 3.35. The second-order valence-corrected chi connectivity index (χ2v) is 7.18. The van der Waals surface area contributed by atoms with E-state index in [2.05, 4.69) is 26.8 Å². The molecule has 0 unspecified atom stereocenters. The molecule has 0 radical (unpaired) electrons. The van der Waals surface area contributed by atoms with Gasteiger partial charge in [0.25, 0.3) is 5.91 Å². The summed E-state index contributed by atoms with van der Waals surface area (Å²) in [6, 6.07) is 8.21. The molecule has 2 heterocycles. The maximum Gasteiger partial charge on any atom is 0.251 e. The van der Waals surface area contributed by atoms with Crippen LogP contribution < -0.4 is 10.6 Å². The van der Waals surface area contributed by atoms with Crippen molar-refractivity contribution in [2.24, 2.45) is 0 Å². The largest absolute Gasteiger partial charge is 0.508 e. The van der Waals surface area contributed by atoms with Crippen molar-refractivity contribution in [3.63, 3.8) is 0 Å². The molecule has 0 fully saturated rings. The van der Waals surface area contributed by atoms with Crippen LogP contribution in [0.5, 0.6) is 5.75 Å². The number of carbonyl (C=O) groups excluding carboxylic acids is 2. The molecule has 3 aromatic rings.